The van der Waals surface area contributed by atoms with Crippen molar-refractivity contribution < 1.29 is 5.11 Å². The molecule has 0 radical (unpaired) electrons. The smallest absolute Gasteiger partial charge is 0.0666 e. The van der Waals surface area contributed by atoms with Gasteiger partial charge in [0.25, 0.3) is 0 Å². The van der Waals surface area contributed by atoms with Crippen LogP contribution in [-0.2, 0) is 20.0 Å². The maximum atomic E-state index is 9.28. The summed E-state index contributed by atoms with van der Waals surface area (Å²) >= 11 is 0. The van der Waals surface area contributed by atoms with Crippen molar-refractivity contribution in [2.24, 2.45) is 7.05 Å². The lowest BCUT2D eigenvalue weighted by molar-refractivity contribution is 0.153. The Bertz CT molecular complexity index is 348. The van der Waals surface area contributed by atoms with Gasteiger partial charge in [0, 0.05) is 31.4 Å². The molecule has 4 nitrogen and oxygen atoms in total. The number of aryl methyl sites for hydroxylation is 2. The molecule has 2 rings (SSSR count). The van der Waals surface area contributed by atoms with Gasteiger partial charge >= 0.3 is 0 Å². The first kappa shape index (κ1) is 11.6. The molecule has 16 heavy (non-hydrogen) atoms. The third-order valence-electron chi connectivity index (χ3n) is 3.41. The van der Waals surface area contributed by atoms with Crippen LogP contribution in [0.5, 0.6) is 0 Å². The molecule has 1 fully saturated rings. The van der Waals surface area contributed by atoms with Crippen LogP contribution >= 0.6 is 0 Å². The van der Waals surface area contributed by atoms with Gasteiger partial charge in [0.1, 0.15) is 0 Å². The van der Waals surface area contributed by atoms with E-state index in [9.17, 15) is 5.11 Å². The highest BCUT2D eigenvalue weighted by Gasteiger charge is 2.24. The molecule has 1 N–H and O–H groups in total. The van der Waals surface area contributed by atoms with Crippen LogP contribution < -0.4 is 0 Å². The predicted octanol–water partition coefficient (Wildman–Crippen LogP) is 0.939. The Balaban J connectivity index is 2.07. The van der Waals surface area contributed by atoms with Crippen molar-refractivity contribution in [2.45, 2.75) is 38.8 Å². The van der Waals surface area contributed by atoms with Crippen LogP contribution in [0.2, 0.25) is 0 Å². The molecule has 4 heteroatoms. The number of aliphatic hydroxyl groups is 1. The van der Waals surface area contributed by atoms with Gasteiger partial charge in [-0.05, 0) is 25.8 Å². The number of rotatable bonds is 4. The standard InChI is InChI=1S/C12H21N3O/c1-3-12-10(7-14(2)13-12)8-15-6-4-5-11(15)9-16/h7,11,16H,3-6,8-9H2,1-2H3. The summed E-state index contributed by atoms with van der Waals surface area (Å²) in [4.78, 5) is 2.37. The highest BCUT2D eigenvalue weighted by atomic mass is 16.3. The first-order chi connectivity index (χ1) is 7.74. The van der Waals surface area contributed by atoms with Crippen molar-refractivity contribution in [3.05, 3.63) is 17.5 Å². The normalized spacial score (nSPS) is 21.8. The van der Waals surface area contributed by atoms with E-state index in [-0.39, 0.29) is 6.61 Å². The molecular formula is C12H21N3O. The van der Waals surface area contributed by atoms with E-state index in [0.29, 0.717) is 6.04 Å². The second kappa shape index (κ2) is 4.97. The van der Waals surface area contributed by atoms with Crippen molar-refractivity contribution in [1.29, 1.82) is 0 Å². The van der Waals surface area contributed by atoms with Crippen molar-refractivity contribution in [3.63, 3.8) is 0 Å². The van der Waals surface area contributed by atoms with E-state index in [4.69, 9.17) is 0 Å². The maximum absolute atomic E-state index is 9.28. The second-order valence-electron chi connectivity index (χ2n) is 4.58. The Morgan fingerprint density at radius 2 is 2.38 bits per heavy atom. The monoisotopic (exact) mass is 223 g/mol. The van der Waals surface area contributed by atoms with E-state index in [1.165, 1.54) is 17.7 Å². The van der Waals surface area contributed by atoms with E-state index in [1.807, 2.05) is 11.7 Å². The molecule has 0 bridgehead atoms. The summed E-state index contributed by atoms with van der Waals surface area (Å²) in [5, 5.41) is 13.7. The molecule has 1 atom stereocenters. The molecule has 1 unspecified atom stereocenters. The number of hydrogen-bond acceptors (Lipinski definition) is 3. The maximum Gasteiger partial charge on any atom is 0.0666 e. The summed E-state index contributed by atoms with van der Waals surface area (Å²) in [5.41, 5.74) is 2.50. The number of nitrogens with zero attached hydrogens (tertiary/aromatic N) is 3. The van der Waals surface area contributed by atoms with E-state index in [0.717, 1.165) is 25.9 Å². The zero-order valence-corrected chi connectivity index (χ0v) is 10.2. The molecule has 0 amide bonds. The topological polar surface area (TPSA) is 41.3 Å². The summed E-state index contributed by atoms with van der Waals surface area (Å²) < 4.78 is 1.89. The quantitative estimate of drug-likeness (QED) is 0.826. The molecule has 1 aliphatic heterocycles. The Morgan fingerprint density at radius 3 is 3.06 bits per heavy atom. The lowest BCUT2D eigenvalue weighted by atomic mass is 10.2. The van der Waals surface area contributed by atoms with Gasteiger partial charge in [0.05, 0.1) is 12.3 Å². The molecule has 0 saturated carbocycles. The van der Waals surface area contributed by atoms with Crippen LogP contribution in [0.3, 0.4) is 0 Å². The molecule has 0 aliphatic carbocycles. The number of likely N-dealkylation sites (tertiary alicyclic amines) is 1. The van der Waals surface area contributed by atoms with Crippen LogP contribution in [0, 0.1) is 0 Å². The zero-order valence-electron chi connectivity index (χ0n) is 10.2. The van der Waals surface area contributed by atoms with E-state index < -0.39 is 0 Å². The van der Waals surface area contributed by atoms with Crippen LogP contribution in [0.1, 0.15) is 31.0 Å². The average Bonchev–Trinajstić information content (AvgIpc) is 2.85. The van der Waals surface area contributed by atoms with Crippen LogP contribution in [0.4, 0.5) is 0 Å². The van der Waals surface area contributed by atoms with Gasteiger partial charge in [-0.25, -0.2) is 0 Å². The molecule has 0 aromatic carbocycles. The third kappa shape index (κ3) is 2.28. The first-order valence-electron chi connectivity index (χ1n) is 6.11. The zero-order chi connectivity index (χ0) is 11.5. The van der Waals surface area contributed by atoms with Crippen molar-refractivity contribution in [2.75, 3.05) is 13.2 Å². The minimum Gasteiger partial charge on any atom is -0.395 e. The molecule has 1 aromatic heterocycles. The summed E-state index contributed by atoms with van der Waals surface area (Å²) in [6.45, 7) is 4.45. The number of aliphatic hydroxyl groups excluding tert-OH is 1. The molecule has 1 aliphatic rings. The second-order valence-corrected chi connectivity index (χ2v) is 4.58. The fraction of sp³-hybridized carbons (Fsp3) is 0.750. The first-order valence-corrected chi connectivity index (χ1v) is 6.11. The van der Waals surface area contributed by atoms with Gasteiger partial charge in [0.15, 0.2) is 0 Å². The highest BCUT2D eigenvalue weighted by Crippen LogP contribution is 2.20. The van der Waals surface area contributed by atoms with Gasteiger partial charge < -0.3 is 5.11 Å². The Labute approximate surface area is 96.9 Å². The van der Waals surface area contributed by atoms with Gasteiger partial charge in [-0.2, -0.15) is 5.10 Å². The molecule has 1 saturated heterocycles. The number of aromatic nitrogens is 2. The van der Waals surface area contributed by atoms with Gasteiger partial charge in [-0.3, -0.25) is 9.58 Å². The van der Waals surface area contributed by atoms with Gasteiger partial charge in [0.2, 0.25) is 0 Å². The fourth-order valence-electron chi connectivity index (χ4n) is 2.54. The molecule has 2 heterocycles. The predicted molar refractivity (Wildman–Crippen MR) is 63.1 cm³/mol. The van der Waals surface area contributed by atoms with Gasteiger partial charge in [-0.15, -0.1) is 0 Å². The van der Waals surface area contributed by atoms with Crippen LogP contribution in [0.15, 0.2) is 6.20 Å². The average molecular weight is 223 g/mol. The Morgan fingerprint density at radius 1 is 1.56 bits per heavy atom. The summed E-state index contributed by atoms with van der Waals surface area (Å²) in [5.74, 6) is 0. The van der Waals surface area contributed by atoms with Crippen LogP contribution in [-0.4, -0.2) is 39.0 Å². The Hall–Kier alpha value is -0.870. The van der Waals surface area contributed by atoms with Crippen molar-refractivity contribution in [1.82, 2.24) is 14.7 Å². The van der Waals surface area contributed by atoms with Crippen LogP contribution in [0.25, 0.3) is 0 Å². The van der Waals surface area contributed by atoms with Gasteiger partial charge in [-0.1, -0.05) is 6.92 Å². The van der Waals surface area contributed by atoms with E-state index in [2.05, 4.69) is 23.1 Å². The molecular weight excluding hydrogens is 202 g/mol. The number of hydrogen-bond donors (Lipinski definition) is 1. The highest BCUT2D eigenvalue weighted by molar-refractivity contribution is 5.17. The third-order valence-corrected chi connectivity index (χ3v) is 3.41. The van der Waals surface area contributed by atoms with Crippen molar-refractivity contribution >= 4 is 0 Å². The minimum absolute atomic E-state index is 0.279. The Kier molecular flexibility index (Phi) is 3.61. The summed E-state index contributed by atoms with van der Waals surface area (Å²) in [6, 6.07) is 0.352. The lowest BCUT2D eigenvalue weighted by Crippen LogP contribution is -2.31. The van der Waals surface area contributed by atoms with Crippen molar-refractivity contribution in [3.8, 4) is 0 Å². The SMILES string of the molecule is CCc1nn(C)cc1CN1CCCC1CO. The van der Waals surface area contributed by atoms with E-state index >= 15 is 0 Å². The van der Waals surface area contributed by atoms with E-state index in [1.54, 1.807) is 0 Å². The largest absolute Gasteiger partial charge is 0.395 e. The molecule has 0 spiro atoms. The fourth-order valence-corrected chi connectivity index (χ4v) is 2.54. The lowest BCUT2D eigenvalue weighted by Gasteiger charge is -2.22. The molecule has 90 valence electrons. The summed E-state index contributed by atoms with van der Waals surface area (Å²) in [7, 11) is 1.97. The summed E-state index contributed by atoms with van der Waals surface area (Å²) in [6.07, 6.45) is 5.41. The molecule has 1 aromatic rings. The minimum atomic E-state index is 0.279.